The Kier molecular flexibility index (Phi) is 7.91. The summed E-state index contributed by atoms with van der Waals surface area (Å²) in [6, 6.07) is 6.93. The van der Waals surface area contributed by atoms with E-state index in [1.54, 1.807) is 44.7 Å². The molecule has 1 aromatic carbocycles. The molecule has 0 saturated heterocycles. The predicted molar refractivity (Wildman–Crippen MR) is 132 cm³/mol. The number of carbonyl (C=O) groups is 2. The van der Waals surface area contributed by atoms with Crippen LogP contribution in [0, 0.1) is 0 Å². The Balaban J connectivity index is 1.48. The number of nitrogens with zero attached hydrogens (tertiary/aromatic N) is 2. The van der Waals surface area contributed by atoms with Crippen LogP contribution in [0.15, 0.2) is 30.5 Å². The summed E-state index contributed by atoms with van der Waals surface area (Å²) in [6.45, 7) is 2.34. The molecule has 4 rings (SSSR count). The highest BCUT2D eigenvalue weighted by atomic mass is 32.1. The first-order valence-electron chi connectivity index (χ1n) is 11.6. The van der Waals surface area contributed by atoms with Crippen LogP contribution in [0.2, 0.25) is 0 Å². The molecule has 0 saturated carbocycles. The highest BCUT2D eigenvalue weighted by molar-refractivity contribution is 7.17. The van der Waals surface area contributed by atoms with Crippen molar-refractivity contribution in [2.75, 3.05) is 26.1 Å². The first-order valence-corrected chi connectivity index (χ1v) is 12.4. The third-order valence-corrected chi connectivity index (χ3v) is 6.84. The lowest BCUT2D eigenvalue weighted by Crippen LogP contribution is -2.17. The van der Waals surface area contributed by atoms with Gasteiger partial charge in [0.1, 0.15) is 5.00 Å². The number of hydrogen-bond acceptors (Lipinski definition) is 8. The zero-order valence-corrected chi connectivity index (χ0v) is 20.9. The SMILES string of the molecule is CCCOC(=O)c1c(NC(=O)c2ccn(COc3c(OC)cccc3OC)n2)sc2c1CCCC2. The van der Waals surface area contributed by atoms with E-state index in [2.05, 4.69) is 10.4 Å². The molecule has 1 aliphatic carbocycles. The molecule has 0 aliphatic heterocycles. The number of esters is 1. The average Bonchev–Trinajstić information content (AvgIpc) is 3.50. The van der Waals surface area contributed by atoms with Crippen molar-refractivity contribution in [2.45, 2.75) is 45.8 Å². The van der Waals surface area contributed by atoms with Gasteiger partial charge in [-0.2, -0.15) is 5.10 Å². The molecule has 0 atom stereocenters. The Labute approximate surface area is 207 Å². The van der Waals surface area contributed by atoms with Crippen LogP contribution in [-0.4, -0.2) is 42.5 Å². The molecular weight excluding hydrogens is 470 g/mol. The van der Waals surface area contributed by atoms with E-state index in [0.717, 1.165) is 42.5 Å². The fourth-order valence-corrected chi connectivity index (χ4v) is 5.22. The maximum atomic E-state index is 13.0. The van der Waals surface area contributed by atoms with Crippen LogP contribution in [0.3, 0.4) is 0 Å². The molecule has 10 heteroatoms. The van der Waals surface area contributed by atoms with Crippen LogP contribution in [-0.2, 0) is 24.3 Å². The zero-order chi connectivity index (χ0) is 24.8. The number of carbonyl (C=O) groups excluding carboxylic acids is 2. The number of methoxy groups -OCH3 is 2. The Morgan fingerprint density at radius 1 is 1.11 bits per heavy atom. The molecule has 35 heavy (non-hydrogen) atoms. The maximum Gasteiger partial charge on any atom is 0.341 e. The molecule has 2 heterocycles. The van der Waals surface area contributed by atoms with Gasteiger partial charge in [-0.25, -0.2) is 9.48 Å². The van der Waals surface area contributed by atoms with Crippen molar-refractivity contribution in [3.63, 3.8) is 0 Å². The summed E-state index contributed by atoms with van der Waals surface area (Å²) >= 11 is 1.45. The van der Waals surface area contributed by atoms with Crippen LogP contribution in [0.25, 0.3) is 0 Å². The van der Waals surface area contributed by atoms with Crippen molar-refractivity contribution >= 4 is 28.2 Å². The van der Waals surface area contributed by atoms with E-state index < -0.39 is 5.91 Å². The summed E-state index contributed by atoms with van der Waals surface area (Å²) in [7, 11) is 3.10. The molecule has 0 unspecified atom stereocenters. The van der Waals surface area contributed by atoms with Crippen molar-refractivity contribution in [3.8, 4) is 17.2 Å². The lowest BCUT2D eigenvalue weighted by Gasteiger charge is -2.13. The molecule has 9 nitrogen and oxygen atoms in total. The van der Waals surface area contributed by atoms with Crippen LogP contribution >= 0.6 is 11.3 Å². The number of rotatable bonds is 10. The molecule has 1 amide bonds. The number of fused-ring (bicyclic) bond motifs is 1. The average molecular weight is 500 g/mol. The zero-order valence-electron chi connectivity index (χ0n) is 20.1. The molecule has 0 radical (unpaired) electrons. The monoisotopic (exact) mass is 499 g/mol. The van der Waals surface area contributed by atoms with E-state index in [-0.39, 0.29) is 18.4 Å². The summed E-state index contributed by atoms with van der Waals surface area (Å²) < 4.78 is 23.4. The standard InChI is InChI=1S/C25H29N3O6S/c1-4-14-33-25(30)21-16-8-5-6-11-20(16)35-24(21)26-23(29)17-12-13-28(27-17)15-34-22-18(31-2)9-7-10-19(22)32-3/h7,9-10,12-13H,4-6,8,11,14-15H2,1-3H3,(H,26,29). The van der Waals surface area contributed by atoms with Crippen molar-refractivity contribution < 1.29 is 28.5 Å². The van der Waals surface area contributed by atoms with Crippen LogP contribution in [0.4, 0.5) is 5.00 Å². The molecule has 1 aliphatic rings. The molecule has 0 spiro atoms. The van der Waals surface area contributed by atoms with Gasteiger partial charge in [-0.15, -0.1) is 11.3 Å². The second-order valence-electron chi connectivity index (χ2n) is 8.01. The van der Waals surface area contributed by atoms with Crippen molar-refractivity contribution in [1.29, 1.82) is 0 Å². The van der Waals surface area contributed by atoms with E-state index in [9.17, 15) is 9.59 Å². The fraction of sp³-hybridized carbons (Fsp3) is 0.400. The lowest BCUT2D eigenvalue weighted by atomic mass is 9.95. The van der Waals surface area contributed by atoms with Gasteiger partial charge in [0.05, 0.1) is 26.4 Å². The second kappa shape index (κ2) is 11.3. The molecule has 3 aromatic rings. The minimum Gasteiger partial charge on any atom is -0.493 e. The number of benzene rings is 1. The van der Waals surface area contributed by atoms with Crippen LogP contribution < -0.4 is 19.5 Å². The quantitative estimate of drug-likeness (QED) is 0.404. The van der Waals surface area contributed by atoms with Gasteiger partial charge in [-0.1, -0.05) is 13.0 Å². The number of aromatic nitrogens is 2. The topological polar surface area (TPSA) is 101 Å². The summed E-state index contributed by atoms with van der Waals surface area (Å²) in [5.41, 5.74) is 1.69. The van der Waals surface area contributed by atoms with Gasteiger partial charge in [0.25, 0.3) is 5.91 Å². The van der Waals surface area contributed by atoms with Gasteiger partial charge < -0.3 is 24.3 Å². The minimum atomic E-state index is -0.401. The van der Waals surface area contributed by atoms with Gasteiger partial charge in [0, 0.05) is 11.1 Å². The Morgan fingerprint density at radius 3 is 2.57 bits per heavy atom. The van der Waals surface area contributed by atoms with Gasteiger partial charge in [-0.3, -0.25) is 4.79 Å². The number of ether oxygens (including phenoxy) is 4. The third kappa shape index (κ3) is 5.43. The van der Waals surface area contributed by atoms with E-state index in [0.29, 0.717) is 34.4 Å². The molecule has 1 N–H and O–H groups in total. The van der Waals surface area contributed by atoms with Crippen molar-refractivity contribution in [2.24, 2.45) is 0 Å². The first kappa shape index (κ1) is 24.6. The smallest absolute Gasteiger partial charge is 0.341 e. The molecule has 2 aromatic heterocycles. The highest BCUT2D eigenvalue weighted by Gasteiger charge is 2.28. The summed E-state index contributed by atoms with van der Waals surface area (Å²) in [4.78, 5) is 26.9. The molecule has 186 valence electrons. The van der Waals surface area contributed by atoms with Crippen LogP contribution in [0.1, 0.15) is 57.5 Å². The minimum absolute atomic E-state index is 0.0475. The van der Waals surface area contributed by atoms with E-state index in [1.165, 1.54) is 16.0 Å². The number of hydrogen-bond donors (Lipinski definition) is 1. The van der Waals surface area contributed by atoms with Crippen molar-refractivity contribution in [1.82, 2.24) is 9.78 Å². The second-order valence-corrected chi connectivity index (χ2v) is 9.12. The Hall–Kier alpha value is -3.53. The fourth-order valence-electron chi connectivity index (χ4n) is 3.95. The molecular formula is C25H29N3O6S. The largest absolute Gasteiger partial charge is 0.493 e. The summed E-state index contributed by atoms with van der Waals surface area (Å²) in [5.74, 6) is 0.712. The number of nitrogens with one attached hydrogen (secondary N) is 1. The number of anilines is 1. The van der Waals surface area contributed by atoms with E-state index >= 15 is 0 Å². The third-order valence-electron chi connectivity index (χ3n) is 5.64. The van der Waals surface area contributed by atoms with E-state index in [1.807, 2.05) is 6.92 Å². The normalized spacial score (nSPS) is 12.5. The van der Waals surface area contributed by atoms with Gasteiger partial charge in [0.2, 0.25) is 5.75 Å². The molecule has 0 fully saturated rings. The van der Waals surface area contributed by atoms with Gasteiger partial charge in [0.15, 0.2) is 23.9 Å². The number of aryl methyl sites for hydroxylation is 1. The van der Waals surface area contributed by atoms with Crippen molar-refractivity contribution in [3.05, 3.63) is 52.2 Å². The van der Waals surface area contributed by atoms with E-state index in [4.69, 9.17) is 18.9 Å². The lowest BCUT2D eigenvalue weighted by molar-refractivity contribution is 0.0505. The highest BCUT2D eigenvalue weighted by Crippen LogP contribution is 2.39. The number of para-hydroxylation sites is 1. The predicted octanol–water partition coefficient (Wildman–Crippen LogP) is 4.70. The van der Waals surface area contributed by atoms with Crippen LogP contribution in [0.5, 0.6) is 17.2 Å². The Morgan fingerprint density at radius 2 is 1.86 bits per heavy atom. The Bertz CT molecular complexity index is 1180. The first-order chi connectivity index (χ1) is 17.0. The summed E-state index contributed by atoms with van der Waals surface area (Å²) in [6.07, 6.45) is 6.20. The van der Waals surface area contributed by atoms with Gasteiger partial charge in [-0.05, 0) is 55.9 Å². The molecule has 0 bridgehead atoms. The maximum absolute atomic E-state index is 13.0. The number of thiophene rings is 1. The number of amides is 1. The summed E-state index contributed by atoms with van der Waals surface area (Å²) in [5, 5.41) is 7.73. The van der Waals surface area contributed by atoms with Gasteiger partial charge >= 0.3 is 5.97 Å².